The van der Waals surface area contributed by atoms with Crippen LogP contribution in [0.1, 0.15) is 119 Å². The minimum Gasteiger partial charge on any atom is -0.490 e. The van der Waals surface area contributed by atoms with Gasteiger partial charge in [-0.25, -0.2) is 14.4 Å². The number of nitrogens with zero attached hydrogens (tertiary/aromatic N) is 1. The van der Waals surface area contributed by atoms with Crippen LogP contribution >= 0.6 is 23.2 Å². The van der Waals surface area contributed by atoms with E-state index in [0.29, 0.717) is 16.7 Å². The Kier molecular flexibility index (Phi) is 18.4. The molecule has 1 heterocycles. The van der Waals surface area contributed by atoms with E-state index in [-0.39, 0.29) is 66.6 Å². The third-order valence-corrected chi connectivity index (χ3v) is 22.8. The molecule has 0 aromatic heterocycles. The summed E-state index contributed by atoms with van der Waals surface area (Å²) in [5.74, 6) is -2.05. The van der Waals surface area contributed by atoms with Crippen LogP contribution in [-0.2, 0) is 32.7 Å². The Morgan fingerprint density at radius 1 is 0.689 bits per heavy atom. The van der Waals surface area contributed by atoms with Crippen LogP contribution in [0.5, 0.6) is 28.7 Å². The molecule has 0 bridgehead atoms. The van der Waals surface area contributed by atoms with Crippen molar-refractivity contribution < 1.29 is 61.2 Å². The zero-order valence-electron chi connectivity index (χ0n) is 45.2. The van der Waals surface area contributed by atoms with Crippen molar-refractivity contribution in [3.63, 3.8) is 0 Å². The summed E-state index contributed by atoms with van der Waals surface area (Å²) >= 11 is 14.1. The number of amides is 3. The van der Waals surface area contributed by atoms with Gasteiger partial charge in [0.05, 0.1) is 42.0 Å². The van der Waals surface area contributed by atoms with Crippen LogP contribution in [0.2, 0.25) is 46.3 Å². The van der Waals surface area contributed by atoms with E-state index in [0.717, 1.165) is 4.90 Å². The highest BCUT2D eigenvalue weighted by molar-refractivity contribution is 6.74. The monoisotopic (exact) mass is 1090 g/mol. The summed E-state index contributed by atoms with van der Waals surface area (Å²) in [6, 6.07) is 16.5. The highest BCUT2D eigenvalue weighted by atomic mass is 35.5. The Labute approximate surface area is 447 Å². The minimum atomic E-state index is -2.78. The molecule has 0 fully saturated rings. The molecule has 19 heteroatoms. The first-order chi connectivity index (χ1) is 34.3. The van der Waals surface area contributed by atoms with Crippen LogP contribution in [0.3, 0.4) is 0 Å². The molecule has 1 aliphatic heterocycles. The average molecular weight is 1090 g/mol. The summed E-state index contributed by atoms with van der Waals surface area (Å²) in [5, 5.41) is 2.24. The van der Waals surface area contributed by atoms with Gasteiger partial charge >= 0.3 is 18.0 Å². The number of hydrogen-bond donors (Lipinski definition) is 1. The summed E-state index contributed by atoms with van der Waals surface area (Å²) in [6.45, 7) is 31.1. The molecule has 15 nitrogen and oxygen atoms in total. The maximum absolute atomic E-state index is 14.0. The molecule has 0 unspecified atom stereocenters. The highest BCUT2D eigenvalue weighted by Crippen LogP contribution is 2.48. The number of esters is 2. The average Bonchev–Trinajstić information content (AvgIpc) is 3.54. The Balaban J connectivity index is 1.55. The smallest absolute Gasteiger partial charge is 0.408 e. The van der Waals surface area contributed by atoms with Crippen LogP contribution in [0.15, 0.2) is 79.4 Å². The zero-order valence-corrected chi connectivity index (χ0v) is 48.8. The number of hydrogen-bond acceptors (Lipinski definition) is 13. The van der Waals surface area contributed by atoms with Crippen LogP contribution in [-0.4, -0.2) is 89.9 Å². The van der Waals surface area contributed by atoms with Gasteiger partial charge in [-0.15, -0.1) is 0 Å². The summed E-state index contributed by atoms with van der Waals surface area (Å²) in [5.41, 5.74) is 0.851. The second-order valence-corrected chi connectivity index (χ2v) is 32.1. The molecule has 1 N–H and O–H groups in total. The van der Waals surface area contributed by atoms with Gasteiger partial charge in [-0.3, -0.25) is 14.5 Å². The SMILES string of the molecule is C=Cc1cc(Oc2ccc([C@@H](O[Si](C)(C)C(C)(C)C)[C@@H](C(=O)OC)N3C(=O)c4ccccc4C3=O)cc2Cl)c(OC)c(Oc2ccc([C@@H](O[Si](C)(C)C(C)(C)C)[C@@H](NC(=O)OC(C)(C)C)C(=O)OCC)cc2Cl)c1. The number of nitrogens with one attached hydrogen (secondary N) is 1. The molecule has 4 aromatic carbocycles. The van der Waals surface area contributed by atoms with Gasteiger partial charge in [0.1, 0.15) is 29.3 Å². The van der Waals surface area contributed by atoms with E-state index in [1.165, 1.54) is 26.4 Å². The van der Waals surface area contributed by atoms with Gasteiger partial charge in [0.2, 0.25) is 5.75 Å². The van der Waals surface area contributed by atoms with Crippen LogP contribution < -0.4 is 19.5 Å². The predicted molar refractivity (Wildman–Crippen MR) is 291 cm³/mol. The third-order valence-electron chi connectivity index (χ3n) is 13.3. The maximum Gasteiger partial charge on any atom is 0.408 e. The Morgan fingerprint density at radius 2 is 1.15 bits per heavy atom. The molecular weight excluding hydrogens is 1020 g/mol. The van der Waals surface area contributed by atoms with Gasteiger partial charge in [-0.2, -0.15) is 0 Å². The lowest BCUT2D eigenvalue weighted by Gasteiger charge is -2.42. The second kappa shape index (κ2) is 23.0. The van der Waals surface area contributed by atoms with Gasteiger partial charge in [-0.05, 0) is 129 Å². The summed E-state index contributed by atoms with van der Waals surface area (Å²) < 4.78 is 49.0. The number of carbonyl (C=O) groups excluding carboxylic acids is 5. The molecule has 5 rings (SSSR count). The van der Waals surface area contributed by atoms with E-state index >= 15 is 0 Å². The van der Waals surface area contributed by atoms with Crippen LogP contribution in [0.4, 0.5) is 4.79 Å². The van der Waals surface area contributed by atoms with Crippen LogP contribution in [0.25, 0.3) is 6.08 Å². The molecule has 74 heavy (non-hydrogen) atoms. The molecular formula is C55H70Cl2N2O13Si2. The number of benzene rings is 4. The number of halogens is 2. The number of imide groups is 1. The number of rotatable bonds is 19. The fraction of sp³-hybridized carbons (Fsp3) is 0.436. The molecule has 0 spiro atoms. The van der Waals surface area contributed by atoms with Crippen molar-refractivity contribution in [2.75, 3.05) is 20.8 Å². The molecule has 400 valence electrons. The molecule has 0 radical (unpaired) electrons. The first-order valence-corrected chi connectivity index (χ1v) is 30.7. The molecule has 4 atom stereocenters. The zero-order chi connectivity index (χ0) is 55.5. The number of methoxy groups -OCH3 is 2. The van der Waals surface area contributed by atoms with E-state index in [1.807, 2.05) is 47.0 Å². The predicted octanol–water partition coefficient (Wildman–Crippen LogP) is 13.6. The van der Waals surface area contributed by atoms with Gasteiger partial charge in [0.25, 0.3) is 11.8 Å². The quantitative estimate of drug-likeness (QED) is 0.0407. The van der Waals surface area contributed by atoms with Gasteiger partial charge in [0.15, 0.2) is 40.2 Å². The normalized spacial score (nSPS) is 14.8. The highest BCUT2D eigenvalue weighted by Gasteiger charge is 2.51. The third kappa shape index (κ3) is 13.4. The lowest BCUT2D eigenvalue weighted by Crippen LogP contribution is -2.53. The first-order valence-electron chi connectivity index (χ1n) is 24.1. The largest absolute Gasteiger partial charge is 0.490 e. The van der Waals surface area contributed by atoms with E-state index in [1.54, 1.807) is 94.4 Å². The Morgan fingerprint density at radius 3 is 1.54 bits per heavy atom. The summed E-state index contributed by atoms with van der Waals surface area (Å²) in [7, 11) is -2.83. The molecule has 1 aliphatic rings. The van der Waals surface area contributed by atoms with E-state index < -0.39 is 76.4 Å². The van der Waals surface area contributed by atoms with Gasteiger partial charge in [0, 0.05) is 0 Å². The van der Waals surface area contributed by atoms with Crippen molar-refractivity contribution in [2.24, 2.45) is 0 Å². The van der Waals surface area contributed by atoms with Crippen molar-refractivity contribution in [1.82, 2.24) is 10.2 Å². The van der Waals surface area contributed by atoms with Crippen LogP contribution in [0, 0.1) is 0 Å². The van der Waals surface area contributed by atoms with E-state index in [9.17, 15) is 24.0 Å². The second-order valence-electron chi connectivity index (χ2n) is 21.8. The number of fused-ring (bicyclic) bond motifs is 1. The number of carbonyl (C=O) groups is 5. The maximum atomic E-state index is 14.0. The standard InChI is InChI=1S/C55H70Cl2N2O13Si2/c1-18-32-28-41(68-39-26-24-33(30-37(39)56)45(71-73(14,15)54(6,7)8)43(50(62)67-19-2)58-52(64)70-53(3,4)5)47(65-12)42(29-32)69-40-27-25-34(31-38(40)57)46(72-74(16,17)55(9,10)11)44(51(63)66-13)59-48(60)35-22-20-21-23-36(35)49(59)61/h18,20-31,43-46H,1,19H2,2-17H3,(H,58,64)/t43-,44+,45-,46-/m1/s1. The summed E-state index contributed by atoms with van der Waals surface area (Å²) in [6.07, 6.45) is -1.52. The lowest BCUT2D eigenvalue weighted by molar-refractivity contribution is -0.149. The Bertz CT molecular complexity index is 2740. The molecule has 4 aromatic rings. The topological polar surface area (TPSA) is 174 Å². The Hall–Kier alpha value is -5.70. The number of ether oxygens (including phenoxy) is 6. The molecule has 3 amide bonds. The lowest BCUT2D eigenvalue weighted by atomic mass is 10.0. The summed E-state index contributed by atoms with van der Waals surface area (Å²) in [4.78, 5) is 69.6. The number of alkyl carbamates (subject to hydrolysis) is 1. The van der Waals surface area contributed by atoms with Crippen molar-refractivity contribution in [2.45, 2.75) is 135 Å². The first kappa shape index (κ1) is 59.2. The van der Waals surface area contributed by atoms with Gasteiger partial charge < -0.3 is 42.6 Å². The fourth-order valence-corrected chi connectivity index (χ4v) is 10.3. The van der Waals surface area contributed by atoms with Crippen molar-refractivity contribution in [3.05, 3.63) is 117 Å². The molecule has 0 aliphatic carbocycles. The van der Waals surface area contributed by atoms with Crippen molar-refractivity contribution in [1.29, 1.82) is 0 Å². The minimum absolute atomic E-state index is 0.0476. The molecule has 0 saturated heterocycles. The van der Waals surface area contributed by atoms with Crippen molar-refractivity contribution in [3.8, 4) is 28.7 Å². The van der Waals surface area contributed by atoms with Crippen molar-refractivity contribution >= 4 is 75.8 Å². The van der Waals surface area contributed by atoms with Gasteiger partial charge in [-0.1, -0.05) is 102 Å². The fourth-order valence-electron chi connectivity index (χ4n) is 7.36. The van der Waals surface area contributed by atoms with E-state index in [2.05, 4.69) is 32.7 Å². The van der Waals surface area contributed by atoms with E-state index in [4.69, 9.17) is 60.5 Å². The molecule has 0 saturated carbocycles.